The molecular weight excluding hydrogens is 438 g/mol. The third-order valence-electron chi connectivity index (χ3n) is 4.37. The van der Waals surface area contributed by atoms with E-state index in [-0.39, 0.29) is 12.6 Å². The molecule has 0 saturated heterocycles. The zero-order chi connectivity index (χ0) is 22.2. The second-order valence-corrected chi connectivity index (χ2v) is 8.71. The van der Waals surface area contributed by atoms with Crippen molar-refractivity contribution in [3.05, 3.63) is 41.1 Å². The van der Waals surface area contributed by atoms with Crippen LogP contribution in [0.25, 0.3) is 0 Å². The van der Waals surface area contributed by atoms with Gasteiger partial charge in [0.15, 0.2) is 4.34 Å². The van der Waals surface area contributed by atoms with E-state index in [0.717, 1.165) is 28.0 Å². The molecule has 0 fully saturated rings. The number of thioether (sulfide) groups is 1. The lowest BCUT2D eigenvalue weighted by atomic mass is 9.95. The predicted molar refractivity (Wildman–Crippen MR) is 120 cm³/mol. The average molecular weight is 464 g/mol. The standard InChI is InChI=1S/C20H25N5O4S2/c1-4-10-21-19-24-25-20(31-19)30-11-14-15(17(26)29-5-2)16(23-18(27)22-14)12-6-8-13(28-3)9-7-12/h6-9,16H,4-5,10-11H2,1-3H3,(H,21,24)(H2,22,23,27). The van der Waals surface area contributed by atoms with Crippen molar-refractivity contribution in [2.45, 2.75) is 30.6 Å². The molecule has 0 radical (unpaired) electrons. The molecule has 2 aromatic rings. The van der Waals surface area contributed by atoms with E-state index in [0.29, 0.717) is 22.8 Å². The van der Waals surface area contributed by atoms with Gasteiger partial charge in [0.05, 0.1) is 25.3 Å². The summed E-state index contributed by atoms with van der Waals surface area (Å²) in [6.45, 7) is 4.87. The van der Waals surface area contributed by atoms with Gasteiger partial charge in [-0.15, -0.1) is 10.2 Å². The van der Waals surface area contributed by atoms with Crippen LogP contribution in [0.15, 0.2) is 39.9 Å². The summed E-state index contributed by atoms with van der Waals surface area (Å²) in [5.74, 6) is 0.551. The summed E-state index contributed by atoms with van der Waals surface area (Å²) in [7, 11) is 1.58. The lowest BCUT2D eigenvalue weighted by Gasteiger charge is -2.29. The lowest BCUT2D eigenvalue weighted by molar-refractivity contribution is -0.139. The van der Waals surface area contributed by atoms with Crippen LogP contribution < -0.4 is 20.7 Å². The second-order valence-electron chi connectivity index (χ2n) is 6.51. The summed E-state index contributed by atoms with van der Waals surface area (Å²) < 4.78 is 11.2. The molecule has 1 unspecified atom stereocenters. The van der Waals surface area contributed by atoms with E-state index in [1.54, 1.807) is 26.2 Å². The Hall–Kier alpha value is -2.79. The summed E-state index contributed by atoms with van der Waals surface area (Å²) in [6.07, 6.45) is 0.990. The van der Waals surface area contributed by atoms with E-state index in [1.165, 1.54) is 23.1 Å². The molecule has 3 rings (SSSR count). The molecule has 11 heteroatoms. The molecule has 0 saturated carbocycles. The number of anilines is 1. The molecule has 2 heterocycles. The van der Waals surface area contributed by atoms with Crippen LogP contribution in [0.4, 0.5) is 9.93 Å². The van der Waals surface area contributed by atoms with E-state index in [4.69, 9.17) is 9.47 Å². The van der Waals surface area contributed by atoms with Crippen molar-refractivity contribution in [3.8, 4) is 5.75 Å². The van der Waals surface area contributed by atoms with Crippen molar-refractivity contribution >= 4 is 40.2 Å². The molecular formula is C20H25N5O4S2. The first kappa shape index (κ1) is 22.9. The maximum atomic E-state index is 12.8. The van der Waals surface area contributed by atoms with Crippen molar-refractivity contribution in [2.75, 3.05) is 31.3 Å². The van der Waals surface area contributed by atoms with Gasteiger partial charge in [0.1, 0.15) is 5.75 Å². The van der Waals surface area contributed by atoms with Crippen molar-refractivity contribution in [2.24, 2.45) is 0 Å². The highest BCUT2D eigenvalue weighted by molar-refractivity contribution is 8.01. The number of carbonyl (C=O) groups is 2. The number of methoxy groups -OCH3 is 1. The van der Waals surface area contributed by atoms with Gasteiger partial charge in [0.25, 0.3) is 0 Å². The van der Waals surface area contributed by atoms with Crippen LogP contribution in [-0.2, 0) is 9.53 Å². The summed E-state index contributed by atoms with van der Waals surface area (Å²) in [4.78, 5) is 25.2. The number of amides is 2. The Balaban J connectivity index is 1.87. The first-order valence-corrected chi connectivity index (χ1v) is 11.7. The molecule has 3 N–H and O–H groups in total. The number of nitrogens with one attached hydrogen (secondary N) is 3. The van der Waals surface area contributed by atoms with Gasteiger partial charge in [-0.25, -0.2) is 9.59 Å². The topological polar surface area (TPSA) is 114 Å². The van der Waals surface area contributed by atoms with Crippen molar-refractivity contribution < 1.29 is 19.1 Å². The highest BCUT2D eigenvalue weighted by atomic mass is 32.2. The first-order chi connectivity index (χ1) is 15.0. The molecule has 0 spiro atoms. The summed E-state index contributed by atoms with van der Waals surface area (Å²) >= 11 is 2.83. The number of aromatic nitrogens is 2. The average Bonchev–Trinajstić information content (AvgIpc) is 3.23. The monoisotopic (exact) mass is 463 g/mol. The molecule has 1 aromatic carbocycles. The van der Waals surface area contributed by atoms with Crippen molar-refractivity contribution in [1.82, 2.24) is 20.8 Å². The van der Waals surface area contributed by atoms with Crippen LogP contribution in [0.1, 0.15) is 31.9 Å². The van der Waals surface area contributed by atoms with Crippen LogP contribution in [0.3, 0.4) is 0 Å². The molecule has 2 amide bonds. The third-order valence-corrected chi connectivity index (χ3v) is 6.41. The number of hydrogen-bond acceptors (Lipinski definition) is 9. The minimum absolute atomic E-state index is 0.231. The van der Waals surface area contributed by atoms with E-state index in [9.17, 15) is 9.59 Å². The van der Waals surface area contributed by atoms with E-state index in [1.807, 2.05) is 12.1 Å². The van der Waals surface area contributed by atoms with Crippen molar-refractivity contribution in [3.63, 3.8) is 0 Å². The minimum Gasteiger partial charge on any atom is -0.497 e. The highest BCUT2D eigenvalue weighted by Crippen LogP contribution is 2.32. The lowest BCUT2D eigenvalue weighted by Crippen LogP contribution is -2.46. The largest absolute Gasteiger partial charge is 0.497 e. The number of carbonyl (C=O) groups excluding carboxylic acids is 2. The molecule has 0 aliphatic carbocycles. The van der Waals surface area contributed by atoms with Crippen LogP contribution in [-0.4, -0.2) is 48.2 Å². The molecule has 9 nitrogen and oxygen atoms in total. The first-order valence-electron chi connectivity index (χ1n) is 9.87. The fourth-order valence-electron chi connectivity index (χ4n) is 2.93. The Kier molecular flexibility index (Phi) is 8.13. The smallest absolute Gasteiger partial charge is 0.338 e. The molecule has 0 bridgehead atoms. The number of esters is 1. The van der Waals surface area contributed by atoms with Gasteiger partial charge < -0.3 is 25.4 Å². The molecule has 1 aromatic heterocycles. The maximum Gasteiger partial charge on any atom is 0.338 e. The quantitative estimate of drug-likeness (QED) is 0.363. The van der Waals surface area contributed by atoms with E-state index >= 15 is 0 Å². The Bertz CT molecular complexity index is 945. The Morgan fingerprint density at radius 2 is 2.03 bits per heavy atom. The summed E-state index contributed by atoms with van der Waals surface area (Å²) in [6, 6.07) is 6.18. The number of ether oxygens (including phenoxy) is 2. The number of benzene rings is 1. The summed E-state index contributed by atoms with van der Waals surface area (Å²) in [5.41, 5.74) is 1.61. The van der Waals surface area contributed by atoms with Gasteiger partial charge in [-0.1, -0.05) is 42.2 Å². The number of rotatable bonds is 10. The second kappa shape index (κ2) is 11.0. The Morgan fingerprint density at radius 3 is 2.71 bits per heavy atom. The van der Waals surface area contributed by atoms with E-state index in [2.05, 4.69) is 33.1 Å². The predicted octanol–water partition coefficient (Wildman–Crippen LogP) is 3.33. The Morgan fingerprint density at radius 1 is 1.26 bits per heavy atom. The van der Waals surface area contributed by atoms with Gasteiger partial charge in [-0.2, -0.15) is 0 Å². The maximum absolute atomic E-state index is 12.8. The zero-order valence-electron chi connectivity index (χ0n) is 17.6. The number of nitrogens with zero attached hydrogens (tertiary/aromatic N) is 2. The molecule has 31 heavy (non-hydrogen) atoms. The summed E-state index contributed by atoms with van der Waals surface area (Å²) in [5, 5.41) is 17.8. The number of hydrogen-bond donors (Lipinski definition) is 3. The SMILES string of the molecule is CCCNc1nnc(SCC2=C(C(=O)OCC)C(c3ccc(OC)cc3)NC(=O)N2)s1. The fourth-order valence-corrected chi connectivity index (χ4v) is 4.68. The molecule has 1 atom stereocenters. The third kappa shape index (κ3) is 5.88. The molecule has 1 aliphatic heterocycles. The number of urea groups is 1. The Labute approximate surface area is 189 Å². The van der Waals surface area contributed by atoms with Crippen LogP contribution in [0.2, 0.25) is 0 Å². The highest BCUT2D eigenvalue weighted by Gasteiger charge is 2.33. The van der Waals surface area contributed by atoms with Gasteiger partial charge in [-0.05, 0) is 31.0 Å². The van der Waals surface area contributed by atoms with Crippen LogP contribution in [0.5, 0.6) is 5.75 Å². The van der Waals surface area contributed by atoms with Gasteiger partial charge in [0, 0.05) is 18.0 Å². The zero-order valence-corrected chi connectivity index (χ0v) is 19.2. The normalized spacial score (nSPS) is 15.8. The molecule has 1 aliphatic rings. The fraction of sp³-hybridized carbons (Fsp3) is 0.400. The van der Waals surface area contributed by atoms with Crippen LogP contribution in [0, 0.1) is 0 Å². The minimum atomic E-state index is -0.634. The van der Waals surface area contributed by atoms with Gasteiger partial charge >= 0.3 is 12.0 Å². The van der Waals surface area contributed by atoms with Crippen LogP contribution >= 0.6 is 23.1 Å². The van der Waals surface area contributed by atoms with Gasteiger partial charge in [0.2, 0.25) is 5.13 Å². The van der Waals surface area contributed by atoms with Crippen molar-refractivity contribution in [1.29, 1.82) is 0 Å². The van der Waals surface area contributed by atoms with Gasteiger partial charge in [-0.3, -0.25) is 0 Å². The molecule has 166 valence electrons. The van der Waals surface area contributed by atoms with E-state index < -0.39 is 12.0 Å².